The molecule has 2 heterocycles. The van der Waals surface area contributed by atoms with E-state index in [1.807, 2.05) is 32.2 Å². The highest BCUT2D eigenvalue weighted by Gasteiger charge is 2.28. The lowest BCUT2D eigenvalue weighted by Gasteiger charge is -2.42. The molecule has 1 N–H and O–H groups in total. The number of aromatic nitrogens is 2. The van der Waals surface area contributed by atoms with Crippen LogP contribution in [-0.4, -0.2) is 58.9 Å². The number of anilines is 1. The molecule has 28 heavy (non-hydrogen) atoms. The summed E-state index contributed by atoms with van der Waals surface area (Å²) in [6, 6.07) is 8.64. The summed E-state index contributed by atoms with van der Waals surface area (Å²) in [5.74, 6) is 2.77. The molecule has 0 radical (unpaired) electrons. The molecule has 0 unspecified atom stereocenters. The number of rotatable bonds is 8. The average Bonchev–Trinajstić information content (AvgIpc) is 2.71. The minimum atomic E-state index is 0.196. The van der Waals surface area contributed by atoms with Crippen molar-refractivity contribution in [1.29, 1.82) is 0 Å². The van der Waals surface area contributed by atoms with Crippen molar-refractivity contribution in [1.82, 2.24) is 14.9 Å². The van der Waals surface area contributed by atoms with Gasteiger partial charge in [-0.05, 0) is 44.4 Å². The van der Waals surface area contributed by atoms with Crippen molar-refractivity contribution >= 4 is 5.82 Å². The Balaban J connectivity index is 1.71. The van der Waals surface area contributed by atoms with Crippen molar-refractivity contribution in [3.63, 3.8) is 0 Å². The predicted octanol–water partition coefficient (Wildman–Crippen LogP) is 2.82. The van der Waals surface area contributed by atoms with E-state index in [-0.39, 0.29) is 6.61 Å². The lowest BCUT2D eigenvalue weighted by molar-refractivity contribution is 0.135. The summed E-state index contributed by atoms with van der Waals surface area (Å²) in [5, 5.41) is 9.61. The van der Waals surface area contributed by atoms with Gasteiger partial charge in [0.2, 0.25) is 0 Å². The van der Waals surface area contributed by atoms with Gasteiger partial charge in [-0.3, -0.25) is 4.90 Å². The van der Waals surface area contributed by atoms with Crippen LogP contribution in [0.3, 0.4) is 0 Å². The second kappa shape index (κ2) is 9.85. The fraction of sp³-hybridized carbons (Fsp3) is 0.545. The Morgan fingerprint density at radius 1 is 1.18 bits per heavy atom. The van der Waals surface area contributed by atoms with Crippen molar-refractivity contribution in [2.75, 3.05) is 37.7 Å². The lowest BCUT2D eigenvalue weighted by Crippen LogP contribution is -2.53. The quantitative estimate of drug-likeness (QED) is 0.755. The van der Waals surface area contributed by atoms with E-state index in [0.29, 0.717) is 12.6 Å². The summed E-state index contributed by atoms with van der Waals surface area (Å²) >= 11 is 0. The Morgan fingerprint density at radius 2 is 1.96 bits per heavy atom. The van der Waals surface area contributed by atoms with Crippen LogP contribution in [0, 0.1) is 6.92 Å². The van der Waals surface area contributed by atoms with Crippen LogP contribution >= 0.6 is 0 Å². The van der Waals surface area contributed by atoms with Crippen LogP contribution in [0.15, 0.2) is 30.5 Å². The number of hydrogen-bond acceptors (Lipinski definition) is 6. The van der Waals surface area contributed by atoms with Gasteiger partial charge < -0.3 is 14.7 Å². The van der Waals surface area contributed by atoms with E-state index in [9.17, 15) is 5.11 Å². The Kier molecular flexibility index (Phi) is 7.23. The van der Waals surface area contributed by atoms with Crippen LogP contribution in [0.4, 0.5) is 5.82 Å². The van der Waals surface area contributed by atoms with E-state index in [2.05, 4.69) is 33.8 Å². The standard InChI is InChI=1S/C22H32N4O2/c1-4-19-14-23-17(3)24-22(19)26-12-11-25(20(16-26)10-13-27)15-18-6-8-21(9-7-18)28-5-2/h6-9,14,20,27H,4-5,10-13,15-16H2,1-3H3/t20-/m0/s1. The van der Waals surface area contributed by atoms with Gasteiger partial charge in [-0.25, -0.2) is 9.97 Å². The van der Waals surface area contributed by atoms with Crippen molar-refractivity contribution in [2.45, 2.75) is 46.2 Å². The Labute approximate surface area is 168 Å². The number of aliphatic hydroxyl groups is 1. The first kappa shape index (κ1) is 20.6. The summed E-state index contributed by atoms with van der Waals surface area (Å²) in [6.45, 7) is 10.6. The Morgan fingerprint density at radius 3 is 2.64 bits per heavy atom. The summed E-state index contributed by atoms with van der Waals surface area (Å²) in [4.78, 5) is 13.9. The van der Waals surface area contributed by atoms with Crippen LogP contribution in [0.1, 0.15) is 37.2 Å². The van der Waals surface area contributed by atoms with Crippen LogP contribution in [0.2, 0.25) is 0 Å². The minimum Gasteiger partial charge on any atom is -0.494 e. The van der Waals surface area contributed by atoms with Gasteiger partial charge in [0.25, 0.3) is 0 Å². The van der Waals surface area contributed by atoms with Gasteiger partial charge in [-0.2, -0.15) is 0 Å². The van der Waals surface area contributed by atoms with Crippen LogP contribution in [-0.2, 0) is 13.0 Å². The van der Waals surface area contributed by atoms with Gasteiger partial charge in [0.15, 0.2) is 0 Å². The molecule has 2 aromatic rings. The van der Waals surface area contributed by atoms with E-state index < -0.39 is 0 Å². The molecule has 6 heteroatoms. The number of aryl methyl sites for hydroxylation is 2. The zero-order valence-corrected chi connectivity index (χ0v) is 17.3. The monoisotopic (exact) mass is 384 g/mol. The molecular weight excluding hydrogens is 352 g/mol. The van der Waals surface area contributed by atoms with E-state index in [1.165, 1.54) is 11.1 Å². The fourth-order valence-corrected chi connectivity index (χ4v) is 3.81. The lowest BCUT2D eigenvalue weighted by atomic mass is 10.1. The number of benzene rings is 1. The van der Waals surface area contributed by atoms with Gasteiger partial charge in [-0.1, -0.05) is 19.1 Å². The number of piperazine rings is 1. The first-order valence-electron chi connectivity index (χ1n) is 10.3. The van der Waals surface area contributed by atoms with Crippen LogP contribution in [0.25, 0.3) is 0 Å². The molecule has 152 valence electrons. The smallest absolute Gasteiger partial charge is 0.135 e. The van der Waals surface area contributed by atoms with Gasteiger partial charge >= 0.3 is 0 Å². The number of aliphatic hydroxyl groups excluding tert-OH is 1. The van der Waals surface area contributed by atoms with Crippen LogP contribution in [0.5, 0.6) is 5.75 Å². The maximum Gasteiger partial charge on any atom is 0.135 e. The highest BCUT2D eigenvalue weighted by atomic mass is 16.5. The second-order valence-electron chi connectivity index (χ2n) is 7.28. The summed E-state index contributed by atoms with van der Waals surface area (Å²) < 4.78 is 5.54. The second-order valence-corrected chi connectivity index (χ2v) is 7.28. The van der Waals surface area contributed by atoms with Crippen molar-refractivity contribution in [3.05, 3.63) is 47.4 Å². The molecule has 0 amide bonds. The molecule has 0 aliphatic carbocycles. The van der Waals surface area contributed by atoms with Crippen molar-refractivity contribution in [3.8, 4) is 5.75 Å². The number of nitrogens with zero attached hydrogens (tertiary/aromatic N) is 4. The maximum absolute atomic E-state index is 9.61. The largest absolute Gasteiger partial charge is 0.494 e. The van der Waals surface area contributed by atoms with Crippen molar-refractivity contribution < 1.29 is 9.84 Å². The Hall–Kier alpha value is -2.18. The normalized spacial score (nSPS) is 17.7. The topological polar surface area (TPSA) is 61.7 Å². The van der Waals surface area contributed by atoms with Crippen molar-refractivity contribution in [2.24, 2.45) is 0 Å². The maximum atomic E-state index is 9.61. The van der Waals surface area contributed by atoms with Gasteiger partial charge in [0, 0.05) is 50.6 Å². The zero-order valence-electron chi connectivity index (χ0n) is 17.3. The molecule has 1 fully saturated rings. The molecule has 0 bridgehead atoms. The third kappa shape index (κ3) is 5.00. The van der Waals surface area contributed by atoms with E-state index in [4.69, 9.17) is 9.72 Å². The molecule has 1 aliphatic rings. The molecule has 1 aliphatic heterocycles. The zero-order chi connectivity index (χ0) is 19.9. The molecule has 1 aromatic carbocycles. The summed E-state index contributed by atoms with van der Waals surface area (Å²) in [5.41, 5.74) is 2.46. The first-order chi connectivity index (χ1) is 13.6. The van der Waals surface area contributed by atoms with Crippen LogP contribution < -0.4 is 9.64 Å². The molecule has 0 saturated carbocycles. The first-order valence-corrected chi connectivity index (χ1v) is 10.3. The average molecular weight is 385 g/mol. The predicted molar refractivity (Wildman–Crippen MR) is 112 cm³/mol. The molecular formula is C22H32N4O2. The molecule has 1 aromatic heterocycles. The molecule has 1 saturated heterocycles. The third-order valence-electron chi connectivity index (χ3n) is 5.33. The molecule has 3 rings (SSSR count). The molecule has 1 atom stereocenters. The van der Waals surface area contributed by atoms with E-state index in [0.717, 1.165) is 56.4 Å². The SMILES string of the molecule is CCOc1ccc(CN2CCN(c3nc(C)ncc3CC)C[C@@H]2CCO)cc1. The van der Waals surface area contributed by atoms with Gasteiger partial charge in [-0.15, -0.1) is 0 Å². The minimum absolute atomic E-state index is 0.196. The molecule has 0 spiro atoms. The van der Waals surface area contributed by atoms with Gasteiger partial charge in [0.1, 0.15) is 17.4 Å². The Bertz CT molecular complexity index is 751. The number of ether oxygens (including phenoxy) is 1. The molecule has 6 nitrogen and oxygen atoms in total. The summed E-state index contributed by atoms with van der Waals surface area (Å²) in [6.07, 6.45) is 3.64. The van der Waals surface area contributed by atoms with Gasteiger partial charge in [0.05, 0.1) is 6.61 Å². The van der Waals surface area contributed by atoms with E-state index >= 15 is 0 Å². The van der Waals surface area contributed by atoms with E-state index in [1.54, 1.807) is 0 Å². The number of hydrogen-bond donors (Lipinski definition) is 1. The summed E-state index contributed by atoms with van der Waals surface area (Å²) in [7, 11) is 0. The highest BCUT2D eigenvalue weighted by molar-refractivity contribution is 5.47. The third-order valence-corrected chi connectivity index (χ3v) is 5.33. The fourth-order valence-electron chi connectivity index (χ4n) is 3.81. The highest BCUT2D eigenvalue weighted by Crippen LogP contribution is 2.24.